The van der Waals surface area contributed by atoms with Crippen LogP contribution in [0.25, 0.3) is 0 Å². The van der Waals surface area contributed by atoms with Gasteiger partial charge in [0.15, 0.2) is 5.78 Å². The fourth-order valence-electron chi connectivity index (χ4n) is 2.53. The molecule has 1 aliphatic heterocycles. The lowest BCUT2D eigenvalue weighted by Crippen LogP contribution is -2.43. The van der Waals surface area contributed by atoms with E-state index in [2.05, 4.69) is 10.6 Å². The molecule has 1 saturated heterocycles. The molecule has 0 saturated carbocycles. The summed E-state index contributed by atoms with van der Waals surface area (Å²) in [4.78, 5) is 24.5. The Morgan fingerprint density at radius 1 is 1.33 bits per heavy atom. The van der Waals surface area contributed by atoms with Crippen molar-refractivity contribution >= 4 is 11.7 Å². The van der Waals surface area contributed by atoms with Crippen molar-refractivity contribution in [3.8, 4) is 0 Å². The molecular formula is C17H24N2O2. The Balaban J connectivity index is 1.94. The van der Waals surface area contributed by atoms with E-state index in [1.54, 1.807) is 0 Å². The standard InChI is InChI=1S/C17H24N2O2/c1-4-12(3)19-17(21)15-9-14(10-18-15)16(20)13-7-5-11(2)6-8-13/h5-8,12,14-15,18H,4,9-10H2,1-3H3,(H,19,21). The monoisotopic (exact) mass is 288 g/mol. The zero-order chi connectivity index (χ0) is 15.4. The summed E-state index contributed by atoms with van der Waals surface area (Å²) >= 11 is 0. The Labute approximate surface area is 126 Å². The zero-order valence-corrected chi connectivity index (χ0v) is 13.0. The summed E-state index contributed by atoms with van der Waals surface area (Å²) in [6.07, 6.45) is 1.49. The molecule has 1 heterocycles. The van der Waals surface area contributed by atoms with E-state index in [1.165, 1.54) is 0 Å². The molecule has 2 rings (SSSR count). The average molecular weight is 288 g/mol. The van der Waals surface area contributed by atoms with Gasteiger partial charge in [0.2, 0.25) is 5.91 Å². The largest absolute Gasteiger partial charge is 0.352 e. The van der Waals surface area contributed by atoms with E-state index >= 15 is 0 Å². The highest BCUT2D eigenvalue weighted by Crippen LogP contribution is 2.20. The van der Waals surface area contributed by atoms with Crippen LogP contribution >= 0.6 is 0 Å². The molecule has 3 atom stereocenters. The predicted octanol–water partition coefficient (Wildman–Crippen LogP) is 2.07. The zero-order valence-electron chi connectivity index (χ0n) is 13.0. The van der Waals surface area contributed by atoms with Gasteiger partial charge in [-0.25, -0.2) is 0 Å². The fourth-order valence-corrected chi connectivity index (χ4v) is 2.53. The van der Waals surface area contributed by atoms with Crippen LogP contribution in [0.2, 0.25) is 0 Å². The highest BCUT2D eigenvalue weighted by molar-refractivity contribution is 5.99. The summed E-state index contributed by atoms with van der Waals surface area (Å²) in [6.45, 7) is 6.60. The second-order valence-electron chi connectivity index (χ2n) is 5.94. The van der Waals surface area contributed by atoms with Crippen molar-refractivity contribution in [1.29, 1.82) is 0 Å². The topological polar surface area (TPSA) is 58.2 Å². The molecule has 114 valence electrons. The molecule has 4 heteroatoms. The minimum atomic E-state index is -0.251. The van der Waals surface area contributed by atoms with Gasteiger partial charge >= 0.3 is 0 Å². The molecule has 0 bridgehead atoms. The molecule has 0 aliphatic carbocycles. The van der Waals surface area contributed by atoms with Crippen LogP contribution in [0.3, 0.4) is 0 Å². The Morgan fingerprint density at radius 2 is 2.00 bits per heavy atom. The van der Waals surface area contributed by atoms with Crippen LogP contribution in [-0.2, 0) is 4.79 Å². The maximum Gasteiger partial charge on any atom is 0.237 e. The van der Waals surface area contributed by atoms with Crippen molar-refractivity contribution in [2.45, 2.75) is 45.7 Å². The molecule has 2 N–H and O–H groups in total. The predicted molar refractivity (Wildman–Crippen MR) is 83.3 cm³/mol. The second kappa shape index (κ2) is 6.85. The molecule has 4 nitrogen and oxygen atoms in total. The van der Waals surface area contributed by atoms with Gasteiger partial charge in [-0.15, -0.1) is 0 Å². The third-order valence-corrected chi connectivity index (χ3v) is 4.16. The number of Topliss-reactive ketones (excluding diaryl/α,β-unsaturated/α-hetero) is 1. The van der Waals surface area contributed by atoms with E-state index in [-0.39, 0.29) is 29.7 Å². The Kier molecular flexibility index (Phi) is 5.12. The van der Waals surface area contributed by atoms with Gasteiger partial charge in [0.05, 0.1) is 6.04 Å². The molecular weight excluding hydrogens is 264 g/mol. The number of hydrogen-bond acceptors (Lipinski definition) is 3. The number of rotatable bonds is 5. The van der Waals surface area contributed by atoms with Gasteiger partial charge < -0.3 is 10.6 Å². The van der Waals surface area contributed by atoms with Crippen LogP contribution in [0.5, 0.6) is 0 Å². The third-order valence-electron chi connectivity index (χ3n) is 4.16. The van der Waals surface area contributed by atoms with Gasteiger partial charge in [-0.2, -0.15) is 0 Å². The summed E-state index contributed by atoms with van der Waals surface area (Å²) < 4.78 is 0. The highest BCUT2D eigenvalue weighted by Gasteiger charge is 2.34. The van der Waals surface area contributed by atoms with Gasteiger partial charge in [0, 0.05) is 24.1 Å². The van der Waals surface area contributed by atoms with Crippen molar-refractivity contribution in [2.24, 2.45) is 5.92 Å². The van der Waals surface area contributed by atoms with Crippen molar-refractivity contribution in [2.75, 3.05) is 6.54 Å². The molecule has 0 spiro atoms. The first-order chi connectivity index (χ1) is 10.0. The number of benzene rings is 1. The van der Waals surface area contributed by atoms with Crippen LogP contribution in [0.1, 0.15) is 42.6 Å². The maximum absolute atomic E-state index is 12.4. The highest BCUT2D eigenvalue weighted by atomic mass is 16.2. The van der Waals surface area contributed by atoms with Gasteiger partial charge in [0.1, 0.15) is 0 Å². The molecule has 1 aromatic rings. The van der Waals surface area contributed by atoms with E-state index < -0.39 is 0 Å². The van der Waals surface area contributed by atoms with Gasteiger partial charge in [-0.05, 0) is 26.7 Å². The summed E-state index contributed by atoms with van der Waals surface area (Å²) in [5.74, 6) is 0.0188. The van der Waals surface area contributed by atoms with Crippen LogP contribution < -0.4 is 10.6 Å². The minimum Gasteiger partial charge on any atom is -0.352 e. The Bertz CT molecular complexity index is 510. The second-order valence-corrected chi connectivity index (χ2v) is 5.94. The molecule has 0 radical (unpaired) electrons. The molecule has 1 fully saturated rings. The lowest BCUT2D eigenvalue weighted by molar-refractivity contribution is -0.123. The molecule has 21 heavy (non-hydrogen) atoms. The lowest BCUT2D eigenvalue weighted by Gasteiger charge is -2.15. The van der Waals surface area contributed by atoms with Gasteiger partial charge in [-0.3, -0.25) is 9.59 Å². The van der Waals surface area contributed by atoms with Crippen LogP contribution in [-0.4, -0.2) is 30.3 Å². The summed E-state index contributed by atoms with van der Waals surface area (Å²) in [5.41, 5.74) is 1.87. The normalized spacial score (nSPS) is 22.8. The number of carbonyl (C=O) groups is 2. The molecule has 1 amide bonds. The van der Waals surface area contributed by atoms with Crippen molar-refractivity contribution in [3.05, 3.63) is 35.4 Å². The molecule has 1 aromatic carbocycles. The van der Waals surface area contributed by atoms with E-state index in [4.69, 9.17) is 0 Å². The molecule has 0 aromatic heterocycles. The minimum absolute atomic E-state index is 0.00329. The number of nitrogens with one attached hydrogen (secondary N) is 2. The number of hydrogen-bond donors (Lipinski definition) is 2. The fraction of sp³-hybridized carbons (Fsp3) is 0.529. The van der Waals surface area contributed by atoms with E-state index in [0.717, 1.165) is 17.5 Å². The molecule has 1 aliphatic rings. The summed E-state index contributed by atoms with van der Waals surface area (Å²) in [5, 5.41) is 6.13. The van der Waals surface area contributed by atoms with Crippen LogP contribution in [0, 0.1) is 12.8 Å². The van der Waals surface area contributed by atoms with Crippen molar-refractivity contribution < 1.29 is 9.59 Å². The smallest absolute Gasteiger partial charge is 0.237 e. The van der Waals surface area contributed by atoms with Crippen molar-refractivity contribution in [1.82, 2.24) is 10.6 Å². The number of carbonyl (C=O) groups excluding carboxylic acids is 2. The van der Waals surface area contributed by atoms with Crippen LogP contribution in [0.15, 0.2) is 24.3 Å². The van der Waals surface area contributed by atoms with Gasteiger partial charge in [0.25, 0.3) is 0 Å². The quantitative estimate of drug-likeness (QED) is 0.816. The van der Waals surface area contributed by atoms with Gasteiger partial charge in [-0.1, -0.05) is 36.8 Å². The Morgan fingerprint density at radius 3 is 2.62 bits per heavy atom. The summed E-state index contributed by atoms with van der Waals surface area (Å²) in [6, 6.07) is 7.55. The maximum atomic E-state index is 12.4. The molecule has 3 unspecified atom stereocenters. The number of aryl methyl sites for hydroxylation is 1. The first kappa shape index (κ1) is 15.7. The average Bonchev–Trinajstić information content (AvgIpc) is 2.97. The number of amides is 1. The van der Waals surface area contributed by atoms with E-state index in [0.29, 0.717) is 13.0 Å². The first-order valence-corrected chi connectivity index (χ1v) is 7.66. The van der Waals surface area contributed by atoms with E-state index in [9.17, 15) is 9.59 Å². The first-order valence-electron chi connectivity index (χ1n) is 7.66. The van der Waals surface area contributed by atoms with E-state index in [1.807, 2.05) is 45.0 Å². The third kappa shape index (κ3) is 3.91. The Hall–Kier alpha value is -1.68. The van der Waals surface area contributed by atoms with Crippen molar-refractivity contribution in [3.63, 3.8) is 0 Å². The SMILES string of the molecule is CCC(C)NC(=O)C1CC(C(=O)c2ccc(C)cc2)CN1. The number of ketones is 1. The van der Waals surface area contributed by atoms with Crippen LogP contribution in [0.4, 0.5) is 0 Å². The summed E-state index contributed by atoms with van der Waals surface area (Å²) in [7, 11) is 0. The lowest BCUT2D eigenvalue weighted by atomic mass is 9.94.